The van der Waals surface area contributed by atoms with E-state index in [1.54, 1.807) is 13.8 Å². The molecule has 1 saturated carbocycles. The van der Waals surface area contributed by atoms with Crippen molar-refractivity contribution in [3.63, 3.8) is 0 Å². The van der Waals surface area contributed by atoms with Crippen molar-refractivity contribution in [2.24, 2.45) is 0 Å². The molecule has 2 fully saturated rings. The van der Waals surface area contributed by atoms with Crippen LogP contribution in [0, 0.1) is 0 Å². The van der Waals surface area contributed by atoms with E-state index in [1.165, 1.54) is 0 Å². The normalized spacial score (nSPS) is 43.3. The van der Waals surface area contributed by atoms with E-state index in [0.717, 1.165) is 0 Å². The minimum atomic E-state index is -0.701. The smallest absolute Gasteiger partial charge is 0.163 e. The van der Waals surface area contributed by atoms with Crippen molar-refractivity contribution in [3.05, 3.63) is 0 Å². The highest BCUT2D eigenvalue weighted by molar-refractivity contribution is 5.80. The zero-order valence-electron chi connectivity index (χ0n) is 7.82. The van der Waals surface area contributed by atoms with Crippen LogP contribution in [0.4, 0.5) is 0 Å². The van der Waals surface area contributed by atoms with Crippen LogP contribution in [0.2, 0.25) is 0 Å². The number of fused-ring (bicyclic) bond motifs is 1. The third-order valence-corrected chi connectivity index (χ3v) is 2.47. The number of hydrogen-bond acceptors (Lipinski definition) is 4. The molecule has 0 amide bonds. The topological polar surface area (TPSA) is 55.8 Å². The summed E-state index contributed by atoms with van der Waals surface area (Å²) >= 11 is 0. The molecule has 0 aromatic rings. The molecule has 1 aliphatic heterocycles. The fraction of sp³-hybridized carbons (Fsp3) is 0.889. The molecule has 0 spiro atoms. The molecular formula is C9H14O4. The molecule has 4 heteroatoms. The number of aliphatic hydroxyl groups is 1. The number of carbonyl (C=O) groups is 1. The summed E-state index contributed by atoms with van der Waals surface area (Å²) in [5.74, 6) is -0.615. The Morgan fingerprint density at radius 1 is 1.38 bits per heavy atom. The fourth-order valence-corrected chi connectivity index (χ4v) is 2.00. The van der Waals surface area contributed by atoms with Crippen molar-refractivity contribution in [1.82, 2.24) is 0 Å². The minimum Gasteiger partial charge on any atom is -0.390 e. The van der Waals surface area contributed by atoms with Crippen molar-refractivity contribution in [3.8, 4) is 0 Å². The lowest BCUT2D eigenvalue weighted by Gasteiger charge is -2.26. The van der Waals surface area contributed by atoms with E-state index in [-0.39, 0.29) is 24.4 Å². The predicted molar refractivity (Wildman–Crippen MR) is 44.1 cm³/mol. The van der Waals surface area contributed by atoms with Crippen molar-refractivity contribution >= 4 is 5.78 Å². The minimum absolute atomic E-state index is 0.0510. The average Bonchev–Trinajstić information content (AvgIpc) is 2.23. The Kier molecular flexibility index (Phi) is 1.94. The summed E-state index contributed by atoms with van der Waals surface area (Å²) in [5, 5.41) is 9.56. The summed E-state index contributed by atoms with van der Waals surface area (Å²) in [6, 6.07) is 0. The Balaban J connectivity index is 2.14. The van der Waals surface area contributed by atoms with Gasteiger partial charge in [0.1, 0.15) is 11.9 Å². The van der Waals surface area contributed by atoms with Crippen LogP contribution < -0.4 is 0 Å². The van der Waals surface area contributed by atoms with E-state index in [2.05, 4.69) is 0 Å². The van der Waals surface area contributed by atoms with E-state index in [4.69, 9.17) is 9.47 Å². The van der Waals surface area contributed by atoms with Gasteiger partial charge >= 0.3 is 0 Å². The van der Waals surface area contributed by atoms with Crippen LogP contribution in [0.5, 0.6) is 0 Å². The van der Waals surface area contributed by atoms with E-state index in [1.807, 2.05) is 0 Å². The van der Waals surface area contributed by atoms with Gasteiger partial charge < -0.3 is 14.6 Å². The summed E-state index contributed by atoms with van der Waals surface area (Å²) < 4.78 is 11.0. The number of carbonyl (C=O) groups excluding carboxylic acids is 1. The van der Waals surface area contributed by atoms with Crippen LogP contribution >= 0.6 is 0 Å². The third kappa shape index (κ3) is 1.61. The number of Topliss-reactive ketones (excluding diaryl/α,β-unsaturated/α-hetero) is 1. The Morgan fingerprint density at radius 2 is 2.08 bits per heavy atom. The Bertz CT molecular complexity index is 236. The van der Waals surface area contributed by atoms with E-state index in [0.29, 0.717) is 6.42 Å². The molecule has 2 aliphatic rings. The third-order valence-electron chi connectivity index (χ3n) is 2.47. The van der Waals surface area contributed by atoms with Gasteiger partial charge in [-0.1, -0.05) is 0 Å². The SMILES string of the molecule is CC1(C)OC2CC(=O)CC(O)C2O1. The molecule has 3 atom stereocenters. The maximum atomic E-state index is 11.1. The second-order valence-corrected chi connectivity index (χ2v) is 4.15. The molecule has 4 nitrogen and oxygen atoms in total. The molecule has 0 aromatic carbocycles. The van der Waals surface area contributed by atoms with Gasteiger partial charge in [0.15, 0.2) is 5.79 Å². The first-order chi connectivity index (χ1) is 5.98. The lowest BCUT2D eigenvalue weighted by atomic mass is 9.91. The zero-order chi connectivity index (χ0) is 9.64. The van der Waals surface area contributed by atoms with Gasteiger partial charge in [0, 0.05) is 12.8 Å². The number of rotatable bonds is 0. The van der Waals surface area contributed by atoms with Crippen molar-refractivity contribution in [2.75, 3.05) is 0 Å². The monoisotopic (exact) mass is 186 g/mol. The van der Waals surface area contributed by atoms with Crippen LogP contribution in [0.25, 0.3) is 0 Å². The van der Waals surface area contributed by atoms with Crippen LogP contribution in [0.3, 0.4) is 0 Å². The Morgan fingerprint density at radius 3 is 2.77 bits per heavy atom. The quantitative estimate of drug-likeness (QED) is 0.588. The van der Waals surface area contributed by atoms with Crippen LogP contribution in [0.1, 0.15) is 26.7 Å². The molecule has 1 N–H and O–H groups in total. The van der Waals surface area contributed by atoms with Crippen molar-refractivity contribution < 1.29 is 19.4 Å². The summed E-state index contributed by atoms with van der Waals surface area (Å²) in [7, 11) is 0. The largest absolute Gasteiger partial charge is 0.390 e. The molecule has 1 aliphatic carbocycles. The fourth-order valence-electron chi connectivity index (χ4n) is 2.00. The average molecular weight is 186 g/mol. The van der Waals surface area contributed by atoms with Gasteiger partial charge in [0.05, 0.1) is 12.2 Å². The van der Waals surface area contributed by atoms with Crippen LogP contribution in [-0.2, 0) is 14.3 Å². The molecule has 1 saturated heterocycles. The highest BCUT2D eigenvalue weighted by Crippen LogP contribution is 2.35. The van der Waals surface area contributed by atoms with Gasteiger partial charge in [-0.2, -0.15) is 0 Å². The van der Waals surface area contributed by atoms with Gasteiger partial charge in [-0.05, 0) is 13.8 Å². The Labute approximate surface area is 76.8 Å². The van der Waals surface area contributed by atoms with E-state index < -0.39 is 11.9 Å². The lowest BCUT2D eigenvalue weighted by molar-refractivity contribution is -0.153. The van der Waals surface area contributed by atoms with Gasteiger partial charge in [0.2, 0.25) is 0 Å². The van der Waals surface area contributed by atoms with Crippen molar-refractivity contribution in [2.45, 2.75) is 50.8 Å². The molecule has 0 aromatic heterocycles. The number of hydrogen-bond donors (Lipinski definition) is 1. The number of aliphatic hydroxyl groups excluding tert-OH is 1. The summed E-state index contributed by atoms with van der Waals surface area (Å²) in [4.78, 5) is 11.1. The molecule has 0 bridgehead atoms. The van der Waals surface area contributed by atoms with Gasteiger partial charge in [-0.3, -0.25) is 4.79 Å². The summed E-state index contributed by atoms with van der Waals surface area (Å²) in [5.41, 5.74) is 0. The molecule has 1 heterocycles. The summed E-state index contributed by atoms with van der Waals surface area (Å²) in [6.07, 6.45) is -0.724. The molecule has 3 unspecified atom stereocenters. The van der Waals surface area contributed by atoms with Crippen LogP contribution in [-0.4, -0.2) is 35.0 Å². The molecule has 0 radical (unpaired) electrons. The first kappa shape index (κ1) is 9.12. The van der Waals surface area contributed by atoms with E-state index >= 15 is 0 Å². The van der Waals surface area contributed by atoms with E-state index in [9.17, 15) is 9.90 Å². The van der Waals surface area contributed by atoms with Crippen molar-refractivity contribution in [1.29, 1.82) is 0 Å². The molecular weight excluding hydrogens is 172 g/mol. The maximum Gasteiger partial charge on any atom is 0.163 e. The van der Waals surface area contributed by atoms with Gasteiger partial charge in [-0.25, -0.2) is 0 Å². The highest BCUT2D eigenvalue weighted by Gasteiger charge is 2.48. The first-order valence-electron chi connectivity index (χ1n) is 4.53. The van der Waals surface area contributed by atoms with Gasteiger partial charge in [0.25, 0.3) is 0 Å². The van der Waals surface area contributed by atoms with Gasteiger partial charge in [-0.15, -0.1) is 0 Å². The van der Waals surface area contributed by atoms with Crippen LogP contribution in [0.15, 0.2) is 0 Å². The number of ether oxygens (including phenoxy) is 2. The molecule has 74 valence electrons. The second kappa shape index (κ2) is 2.77. The summed E-state index contributed by atoms with van der Waals surface area (Å²) in [6.45, 7) is 3.59. The predicted octanol–water partition coefficient (Wildman–Crippen LogP) is 0.230. The molecule has 13 heavy (non-hydrogen) atoms. The standard InChI is InChI=1S/C9H14O4/c1-9(2)12-7-4-5(10)3-6(11)8(7)13-9/h6-8,11H,3-4H2,1-2H3. The zero-order valence-corrected chi connectivity index (χ0v) is 7.82. The highest BCUT2D eigenvalue weighted by atomic mass is 16.8. The first-order valence-corrected chi connectivity index (χ1v) is 4.53. The molecule has 2 rings (SSSR count). The second-order valence-electron chi connectivity index (χ2n) is 4.15. The Hall–Kier alpha value is -0.450. The lowest BCUT2D eigenvalue weighted by Crippen LogP contribution is -2.42. The number of ketones is 1. The maximum absolute atomic E-state index is 11.1.